The summed E-state index contributed by atoms with van der Waals surface area (Å²) in [4.78, 5) is 10.8. The van der Waals surface area contributed by atoms with E-state index in [0.717, 1.165) is 6.54 Å². The predicted molar refractivity (Wildman–Crippen MR) is 78.6 cm³/mol. The highest BCUT2D eigenvalue weighted by Crippen LogP contribution is 2.13. The van der Waals surface area contributed by atoms with E-state index in [0.29, 0.717) is 23.8 Å². The monoisotopic (exact) mass is 266 g/mol. The van der Waals surface area contributed by atoms with Gasteiger partial charge in [0.15, 0.2) is 0 Å². The number of nitrogens with zero attached hydrogens (tertiary/aromatic N) is 3. The lowest BCUT2D eigenvalue weighted by molar-refractivity contribution is 0.232. The van der Waals surface area contributed by atoms with Crippen molar-refractivity contribution in [2.75, 3.05) is 26.0 Å². The number of nitrogens with one attached hydrogen (secondary N) is 1. The maximum atomic E-state index is 5.58. The Labute approximate surface area is 116 Å². The standard InChI is InChI=1S/C14H26N4O/c1-10(2)12(9-18(5)6)16-14-15-8-7-13(17-14)19-11(3)4/h7-8,10-12H,9H2,1-6H3,(H,15,16,17). The highest BCUT2D eigenvalue weighted by atomic mass is 16.5. The van der Waals surface area contributed by atoms with Crippen molar-refractivity contribution in [3.8, 4) is 5.88 Å². The number of hydrogen-bond acceptors (Lipinski definition) is 5. The van der Waals surface area contributed by atoms with E-state index in [1.165, 1.54) is 0 Å². The smallest absolute Gasteiger partial charge is 0.226 e. The molecule has 0 aliphatic rings. The summed E-state index contributed by atoms with van der Waals surface area (Å²) >= 11 is 0. The number of likely N-dealkylation sites (N-methyl/N-ethyl adjacent to an activating group) is 1. The van der Waals surface area contributed by atoms with E-state index in [-0.39, 0.29) is 6.10 Å². The van der Waals surface area contributed by atoms with Crippen LogP contribution >= 0.6 is 0 Å². The fourth-order valence-electron chi connectivity index (χ4n) is 1.70. The van der Waals surface area contributed by atoms with E-state index < -0.39 is 0 Å². The third kappa shape index (κ3) is 5.87. The van der Waals surface area contributed by atoms with E-state index >= 15 is 0 Å². The quantitative estimate of drug-likeness (QED) is 0.820. The van der Waals surface area contributed by atoms with Gasteiger partial charge in [0.1, 0.15) is 0 Å². The van der Waals surface area contributed by atoms with Crippen molar-refractivity contribution in [1.29, 1.82) is 0 Å². The summed E-state index contributed by atoms with van der Waals surface area (Å²) in [7, 11) is 4.13. The summed E-state index contributed by atoms with van der Waals surface area (Å²) in [5.41, 5.74) is 0. The van der Waals surface area contributed by atoms with Gasteiger partial charge in [-0.15, -0.1) is 0 Å². The van der Waals surface area contributed by atoms with E-state index in [1.807, 2.05) is 13.8 Å². The van der Waals surface area contributed by atoms with Gasteiger partial charge in [-0.25, -0.2) is 4.98 Å². The highest BCUT2D eigenvalue weighted by molar-refractivity contribution is 5.29. The first-order chi connectivity index (χ1) is 8.88. The van der Waals surface area contributed by atoms with Gasteiger partial charge in [0.25, 0.3) is 0 Å². The third-order valence-corrected chi connectivity index (χ3v) is 2.67. The molecule has 5 nitrogen and oxygen atoms in total. The summed E-state index contributed by atoms with van der Waals surface area (Å²) in [5.74, 6) is 1.74. The fourth-order valence-corrected chi connectivity index (χ4v) is 1.70. The Kier molecular flexibility index (Phi) is 6.02. The number of hydrogen-bond donors (Lipinski definition) is 1. The first kappa shape index (κ1) is 15.7. The molecule has 0 aliphatic carbocycles. The minimum Gasteiger partial charge on any atom is -0.475 e. The van der Waals surface area contributed by atoms with Gasteiger partial charge >= 0.3 is 0 Å². The first-order valence-electron chi connectivity index (χ1n) is 6.79. The van der Waals surface area contributed by atoms with Crippen LogP contribution in [0, 0.1) is 5.92 Å². The molecule has 0 saturated carbocycles. The van der Waals surface area contributed by atoms with Crippen molar-refractivity contribution in [2.24, 2.45) is 5.92 Å². The Hall–Kier alpha value is -1.36. The van der Waals surface area contributed by atoms with Gasteiger partial charge in [-0.1, -0.05) is 13.8 Å². The molecule has 0 fully saturated rings. The van der Waals surface area contributed by atoms with Crippen LogP contribution in [0.5, 0.6) is 5.88 Å². The van der Waals surface area contributed by atoms with Crippen molar-refractivity contribution >= 4 is 5.95 Å². The maximum Gasteiger partial charge on any atom is 0.226 e. The van der Waals surface area contributed by atoms with Gasteiger partial charge in [-0.2, -0.15) is 4.98 Å². The van der Waals surface area contributed by atoms with Crippen LogP contribution in [0.4, 0.5) is 5.95 Å². The average Bonchev–Trinajstić information content (AvgIpc) is 2.26. The first-order valence-corrected chi connectivity index (χ1v) is 6.79. The molecule has 1 N–H and O–H groups in total. The van der Waals surface area contributed by atoms with Crippen molar-refractivity contribution < 1.29 is 4.74 Å². The average molecular weight is 266 g/mol. The molecule has 0 amide bonds. The Bertz CT molecular complexity index is 379. The molecule has 19 heavy (non-hydrogen) atoms. The molecule has 1 heterocycles. The fraction of sp³-hybridized carbons (Fsp3) is 0.714. The number of anilines is 1. The van der Waals surface area contributed by atoms with Crippen LogP contribution in [0.25, 0.3) is 0 Å². The van der Waals surface area contributed by atoms with Crippen LogP contribution in [-0.4, -0.2) is 47.7 Å². The van der Waals surface area contributed by atoms with Gasteiger partial charge < -0.3 is 15.0 Å². The molecule has 1 atom stereocenters. The number of ether oxygens (including phenoxy) is 1. The van der Waals surface area contributed by atoms with E-state index in [4.69, 9.17) is 4.74 Å². The Morgan fingerprint density at radius 1 is 1.26 bits per heavy atom. The molecule has 0 spiro atoms. The highest BCUT2D eigenvalue weighted by Gasteiger charge is 2.15. The van der Waals surface area contributed by atoms with E-state index in [2.05, 4.69) is 48.1 Å². The van der Waals surface area contributed by atoms with Gasteiger partial charge in [-0.05, 0) is 33.9 Å². The number of rotatable bonds is 7. The molecule has 0 radical (unpaired) electrons. The second-order valence-electron chi connectivity index (χ2n) is 5.64. The zero-order valence-corrected chi connectivity index (χ0v) is 12.8. The Balaban J connectivity index is 2.73. The van der Waals surface area contributed by atoms with Crippen LogP contribution in [-0.2, 0) is 0 Å². The van der Waals surface area contributed by atoms with Crippen LogP contribution in [0.2, 0.25) is 0 Å². The Morgan fingerprint density at radius 2 is 1.95 bits per heavy atom. The van der Waals surface area contributed by atoms with Crippen LogP contribution in [0.3, 0.4) is 0 Å². The summed E-state index contributed by atoms with van der Waals surface area (Å²) in [6, 6.07) is 2.09. The lowest BCUT2D eigenvalue weighted by atomic mass is 10.0. The van der Waals surface area contributed by atoms with E-state index in [9.17, 15) is 0 Å². The van der Waals surface area contributed by atoms with Crippen LogP contribution in [0.1, 0.15) is 27.7 Å². The molecule has 0 saturated heterocycles. The molecule has 0 aromatic carbocycles. The Morgan fingerprint density at radius 3 is 2.47 bits per heavy atom. The molecule has 1 aromatic rings. The van der Waals surface area contributed by atoms with Crippen molar-refractivity contribution in [2.45, 2.75) is 39.8 Å². The second kappa shape index (κ2) is 7.28. The SMILES string of the molecule is CC(C)Oc1ccnc(NC(CN(C)C)C(C)C)n1. The molecule has 108 valence electrons. The molecular formula is C14H26N4O. The summed E-state index contributed by atoms with van der Waals surface area (Å²) in [5, 5.41) is 3.38. The minimum absolute atomic E-state index is 0.116. The molecule has 1 rings (SSSR count). The molecule has 1 unspecified atom stereocenters. The maximum absolute atomic E-state index is 5.58. The van der Waals surface area contributed by atoms with Gasteiger partial charge in [0.2, 0.25) is 11.8 Å². The third-order valence-electron chi connectivity index (χ3n) is 2.67. The zero-order valence-electron chi connectivity index (χ0n) is 12.8. The summed E-state index contributed by atoms with van der Waals surface area (Å²) in [6.07, 6.45) is 1.84. The van der Waals surface area contributed by atoms with Crippen molar-refractivity contribution in [1.82, 2.24) is 14.9 Å². The second-order valence-corrected chi connectivity index (χ2v) is 5.64. The lowest BCUT2D eigenvalue weighted by Gasteiger charge is -2.25. The lowest BCUT2D eigenvalue weighted by Crippen LogP contribution is -2.37. The van der Waals surface area contributed by atoms with Crippen molar-refractivity contribution in [3.63, 3.8) is 0 Å². The van der Waals surface area contributed by atoms with Crippen LogP contribution < -0.4 is 10.1 Å². The minimum atomic E-state index is 0.116. The van der Waals surface area contributed by atoms with Gasteiger partial charge in [0, 0.05) is 24.8 Å². The molecule has 5 heteroatoms. The normalized spacial score (nSPS) is 13.1. The number of aromatic nitrogens is 2. The topological polar surface area (TPSA) is 50.3 Å². The molecule has 1 aromatic heterocycles. The van der Waals surface area contributed by atoms with Crippen LogP contribution in [0.15, 0.2) is 12.3 Å². The van der Waals surface area contributed by atoms with Gasteiger partial charge in [-0.3, -0.25) is 0 Å². The largest absolute Gasteiger partial charge is 0.475 e. The zero-order chi connectivity index (χ0) is 14.4. The van der Waals surface area contributed by atoms with E-state index in [1.54, 1.807) is 12.3 Å². The molecule has 0 bridgehead atoms. The predicted octanol–water partition coefficient (Wildman–Crippen LogP) is 2.26. The van der Waals surface area contributed by atoms with Gasteiger partial charge in [0.05, 0.1) is 6.10 Å². The molecular weight excluding hydrogens is 240 g/mol. The van der Waals surface area contributed by atoms with Crippen molar-refractivity contribution in [3.05, 3.63) is 12.3 Å². The summed E-state index contributed by atoms with van der Waals surface area (Å²) < 4.78 is 5.58. The summed E-state index contributed by atoms with van der Waals surface area (Å²) in [6.45, 7) is 9.29. The molecule has 0 aliphatic heterocycles.